The maximum atomic E-state index is 12.9. The minimum atomic E-state index is -1.70. The molecule has 0 amide bonds. The Morgan fingerprint density at radius 2 is 1.94 bits per heavy atom. The summed E-state index contributed by atoms with van der Waals surface area (Å²) in [5.41, 5.74) is 0.680. The Labute approximate surface area is 100 Å². The summed E-state index contributed by atoms with van der Waals surface area (Å²) in [5, 5.41) is 18.2. The van der Waals surface area contributed by atoms with Gasteiger partial charge in [0.05, 0.1) is 19.8 Å². The molecular weight excluding hydrogens is 226 g/mol. The molecule has 0 aromatic heterocycles. The summed E-state index contributed by atoms with van der Waals surface area (Å²) in [6.07, 6.45) is 0. The third kappa shape index (κ3) is 4.83. The number of hydrogen-bond donors (Lipinski definition) is 2. The summed E-state index contributed by atoms with van der Waals surface area (Å²) < 4.78 is 23.3. The van der Waals surface area contributed by atoms with Gasteiger partial charge in [-0.25, -0.2) is 4.39 Å². The van der Waals surface area contributed by atoms with Crippen LogP contribution in [-0.4, -0.2) is 37.0 Å². The van der Waals surface area contributed by atoms with E-state index in [1.165, 1.54) is 12.1 Å². The molecule has 4 nitrogen and oxygen atoms in total. The molecular formula is C11H16BFO4. The van der Waals surface area contributed by atoms with Gasteiger partial charge in [-0.1, -0.05) is 6.07 Å². The molecule has 94 valence electrons. The summed E-state index contributed by atoms with van der Waals surface area (Å²) in [4.78, 5) is 0. The first-order valence-electron chi connectivity index (χ1n) is 5.45. The summed E-state index contributed by atoms with van der Waals surface area (Å²) >= 11 is 0. The number of benzene rings is 1. The fraction of sp³-hybridized carbons (Fsp3) is 0.455. The standard InChI is InChI=1S/C11H16BFO4/c1-2-16-5-6-17-8-9-3-4-10(13)7-11(9)12(14)15/h3-4,7,14-15H,2,5-6,8H2,1H3. The molecule has 0 spiro atoms. The van der Waals surface area contributed by atoms with Crippen molar-refractivity contribution >= 4 is 12.6 Å². The van der Waals surface area contributed by atoms with Crippen LogP contribution < -0.4 is 5.46 Å². The minimum absolute atomic E-state index is 0.126. The second-order valence-corrected chi connectivity index (χ2v) is 3.47. The van der Waals surface area contributed by atoms with Gasteiger partial charge in [-0.05, 0) is 30.1 Å². The van der Waals surface area contributed by atoms with Crippen LogP contribution in [0.1, 0.15) is 12.5 Å². The molecule has 1 aromatic carbocycles. The summed E-state index contributed by atoms with van der Waals surface area (Å²) in [6, 6.07) is 3.82. The van der Waals surface area contributed by atoms with Crippen molar-refractivity contribution in [1.29, 1.82) is 0 Å². The summed E-state index contributed by atoms with van der Waals surface area (Å²) in [7, 11) is -1.70. The zero-order valence-corrected chi connectivity index (χ0v) is 9.73. The molecule has 0 atom stereocenters. The van der Waals surface area contributed by atoms with E-state index in [-0.39, 0.29) is 12.1 Å². The van der Waals surface area contributed by atoms with Gasteiger partial charge in [0.2, 0.25) is 0 Å². The zero-order valence-electron chi connectivity index (χ0n) is 9.73. The molecule has 0 saturated heterocycles. The molecule has 0 aliphatic heterocycles. The number of hydrogen-bond acceptors (Lipinski definition) is 4. The van der Waals surface area contributed by atoms with Crippen molar-refractivity contribution in [2.75, 3.05) is 19.8 Å². The molecule has 0 fully saturated rings. The lowest BCUT2D eigenvalue weighted by atomic mass is 9.77. The second-order valence-electron chi connectivity index (χ2n) is 3.47. The highest BCUT2D eigenvalue weighted by molar-refractivity contribution is 6.59. The minimum Gasteiger partial charge on any atom is -0.423 e. The van der Waals surface area contributed by atoms with Gasteiger partial charge in [0, 0.05) is 6.61 Å². The van der Waals surface area contributed by atoms with Crippen molar-refractivity contribution in [3.63, 3.8) is 0 Å². The molecule has 0 aliphatic carbocycles. The molecule has 17 heavy (non-hydrogen) atoms. The zero-order chi connectivity index (χ0) is 12.7. The highest BCUT2D eigenvalue weighted by Gasteiger charge is 2.16. The van der Waals surface area contributed by atoms with Crippen LogP contribution in [0, 0.1) is 5.82 Å². The van der Waals surface area contributed by atoms with Crippen molar-refractivity contribution in [3.8, 4) is 0 Å². The lowest BCUT2D eigenvalue weighted by Crippen LogP contribution is -2.33. The average Bonchev–Trinajstić information content (AvgIpc) is 2.30. The van der Waals surface area contributed by atoms with Crippen LogP contribution in [0.3, 0.4) is 0 Å². The van der Waals surface area contributed by atoms with Crippen LogP contribution in [0.25, 0.3) is 0 Å². The Hall–Kier alpha value is -0.945. The van der Waals surface area contributed by atoms with E-state index in [9.17, 15) is 4.39 Å². The molecule has 1 rings (SSSR count). The van der Waals surface area contributed by atoms with Gasteiger partial charge in [-0.15, -0.1) is 0 Å². The van der Waals surface area contributed by atoms with Crippen LogP contribution in [0.15, 0.2) is 18.2 Å². The highest BCUT2D eigenvalue weighted by atomic mass is 19.1. The fourth-order valence-corrected chi connectivity index (χ4v) is 1.38. The average molecular weight is 242 g/mol. The summed E-state index contributed by atoms with van der Waals surface area (Å²) in [6.45, 7) is 3.60. The molecule has 1 aromatic rings. The van der Waals surface area contributed by atoms with E-state index in [2.05, 4.69) is 0 Å². The van der Waals surface area contributed by atoms with E-state index in [0.29, 0.717) is 25.4 Å². The van der Waals surface area contributed by atoms with Gasteiger partial charge in [-0.2, -0.15) is 0 Å². The largest absolute Gasteiger partial charge is 0.488 e. The Morgan fingerprint density at radius 1 is 1.24 bits per heavy atom. The molecule has 2 N–H and O–H groups in total. The summed E-state index contributed by atoms with van der Waals surface area (Å²) in [5.74, 6) is -0.508. The van der Waals surface area contributed by atoms with Crippen molar-refractivity contribution in [2.45, 2.75) is 13.5 Å². The highest BCUT2D eigenvalue weighted by Crippen LogP contribution is 2.03. The molecule has 0 heterocycles. The second kappa shape index (κ2) is 7.39. The van der Waals surface area contributed by atoms with E-state index < -0.39 is 12.9 Å². The topological polar surface area (TPSA) is 58.9 Å². The maximum Gasteiger partial charge on any atom is 0.488 e. The lowest BCUT2D eigenvalue weighted by Gasteiger charge is -2.09. The van der Waals surface area contributed by atoms with E-state index in [1.807, 2.05) is 6.92 Å². The van der Waals surface area contributed by atoms with E-state index >= 15 is 0 Å². The van der Waals surface area contributed by atoms with Crippen molar-refractivity contribution in [3.05, 3.63) is 29.6 Å². The smallest absolute Gasteiger partial charge is 0.423 e. The quantitative estimate of drug-likeness (QED) is 0.524. The molecule has 0 aliphatic rings. The SMILES string of the molecule is CCOCCOCc1ccc(F)cc1B(O)O. The van der Waals surface area contributed by atoms with Gasteiger partial charge in [0.15, 0.2) is 0 Å². The molecule has 0 unspecified atom stereocenters. The first kappa shape index (κ1) is 14.1. The Balaban J connectivity index is 2.52. The lowest BCUT2D eigenvalue weighted by molar-refractivity contribution is 0.0455. The molecule has 0 bridgehead atoms. The Bertz CT molecular complexity index is 346. The third-order valence-corrected chi connectivity index (χ3v) is 2.22. The van der Waals surface area contributed by atoms with Crippen LogP contribution in [0.2, 0.25) is 0 Å². The van der Waals surface area contributed by atoms with Crippen LogP contribution in [0.4, 0.5) is 4.39 Å². The molecule has 6 heteroatoms. The van der Waals surface area contributed by atoms with Crippen LogP contribution in [0.5, 0.6) is 0 Å². The fourth-order valence-electron chi connectivity index (χ4n) is 1.38. The van der Waals surface area contributed by atoms with Crippen molar-refractivity contribution < 1.29 is 23.9 Å². The predicted octanol–water partition coefficient (Wildman–Crippen LogP) is 0.0586. The Kier molecular flexibility index (Phi) is 6.14. The van der Waals surface area contributed by atoms with Gasteiger partial charge in [-0.3, -0.25) is 0 Å². The van der Waals surface area contributed by atoms with Crippen molar-refractivity contribution in [2.24, 2.45) is 0 Å². The number of ether oxygens (including phenoxy) is 2. The first-order chi connectivity index (χ1) is 8.15. The molecule has 0 saturated carbocycles. The van der Waals surface area contributed by atoms with E-state index in [0.717, 1.165) is 6.07 Å². The maximum absolute atomic E-state index is 12.9. The normalized spacial score (nSPS) is 10.6. The van der Waals surface area contributed by atoms with Gasteiger partial charge in [0.25, 0.3) is 0 Å². The third-order valence-electron chi connectivity index (χ3n) is 2.22. The van der Waals surface area contributed by atoms with Gasteiger partial charge >= 0.3 is 7.12 Å². The number of rotatable bonds is 7. The Morgan fingerprint density at radius 3 is 2.59 bits per heavy atom. The monoisotopic (exact) mass is 242 g/mol. The van der Waals surface area contributed by atoms with Crippen molar-refractivity contribution in [1.82, 2.24) is 0 Å². The van der Waals surface area contributed by atoms with E-state index in [4.69, 9.17) is 19.5 Å². The van der Waals surface area contributed by atoms with Gasteiger partial charge in [0.1, 0.15) is 5.82 Å². The van der Waals surface area contributed by atoms with Gasteiger partial charge < -0.3 is 19.5 Å². The molecule has 0 radical (unpaired) electrons. The first-order valence-corrected chi connectivity index (χ1v) is 5.45. The van der Waals surface area contributed by atoms with Crippen LogP contribution >= 0.6 is 0 Å². The predicted molar refractivity (Wildman–Crippen MR) is 62.4 cm³/mol. The van der Waals surface area contributed by atoms with E-state index in [1.54, 1.807) is 0 Å². The number of halogens is 1. The van der Waals surface area contributed by atoms with Crippen LogP contribution in [-0.2, 0) is 16.1 Å².